The average molecular weight is 244 g/mol. The standard InChI is InChI=1S/C12H24O3Si/c1-6-16(5,14-4)10-8-7-9-15-12(13)11(2)3/h2,6-10H2,1,3-5H3. The van der Waals surface area contributed by atoms with Crippen LogP contribution in [-0.2, 0) is 14.0 Å². The normalized spacial score (nSPS) is 14.2. The summed E-state index contributed by atoms with van der Waals surface area (Å²) in [5, 5.41) is 0. The van der Waals surface area contributed by atoms with Gasteiger partial charge in [0.25, 0.3) is 0 Å². The van der Waals surface area contributed by atoms with Gasteiger partial charge in [-0.1, -0.05) is 19.9 Å². The van der Waals surface area contributed by atoms with E-state index in [1.54, 1.807) is 14.0 Å². The Morgan fingerprint density at radius 3 is 2.44 bits per heavy atom. The van der Waals surface area contributed by atoms with E-state index in [1.165, 1.54) is 0 Å². The van der Waals surface area contributed by atoms with Crippen LogP contribution in [0.25, 0.3) is 0 Å². The van der Waals surface area contributed by atoms with Gasteiger partial charge in [-0.15, -0.1) is 0 Å². The molecule has 0 aromatic rings. The lowest BCUT2D eigenvalue weighted by Crippen LogP contribution is -2.31. The molecule has 0 aromatic carbocycles. The lowest BCUT2D eigenvalue weighted by Gasteiger charge is -2.23. The molecule has 1 atom stereocenters. The second-order valence-corrected chi connectivity index (χ2v) is 8.90. The van der Waals surface area contributed by atoms with E-state index in [4.69, 9.17) is 9.16 Å². The van der Waals surface area contributed by atoms with Crippen LogP contribution in [0.4, 0.5) is 0 Å². The van der Waals surface area contributed by atoms with Gasteiger partial charge in [0.15, 0.2) is 8.32 Å². The van der Waals surface area contributed by atoms with Crippen LogP contribution < -0.4 is 0 Å². The summed E-state index contributed by atoms with van der Waals surface area (Å²) in [6, 6.07) is 2.26. The van der Waals surface area contributed by atoms with Crippen LogP contribution in [0.5, 0.6) is 0 Å². The first-order valence-corrected chi connectivity index (χ1v) is 8.65. The number of carbonyl (C=O) groups excluding carboxylic acids is 1. The molecule has 0 rings (SSSR count). The summed E-state index contributed by atoms with van der Waals surface area (Å²) in [5.41, 5.74) is 0.463. The molecule has 16 heavy (non-hydrogen) atoms. The van der Waals surface area contributed by atoms with Crippen molar-refractivity contribution in [1.29, 1.82) is 0 Å². The summed E-state index contributed by atoms with van der Waals surface area (Å²) in [5.74, 6) is -0.290. The van der Waals surface area contributed by atoms with Crippen LogP contribution in [0.1, 0.15) is 26.7 Å². The van der Waals surface area contributed by atoms with Gasteiger partial charge in [0.05, 0.1) is 6.61 Å². The van der Waals surface area contributed by atoms with Crippen LogP contribution in [0.15, 0.2) is 12.2 Å². The molecule has 0 aliphatic heterocycles. The SMILES string of the molecule is C=C(C)C(=O)OCCCC[Si](C)(CC)OC. The third kappa shape index (κ3) is 6.08. The molecule has 0 saturated heterocycles. The molecule has 0 aromatic heterocycles. The topological polar surface area (TPSA) is 35.5 Å². The van der Waals surface area contributed by atoms with E-state index < -0.39 is 8.32 Å². The first kappa shape index (κ1) is 15.4. The predicted molar refractivity (Wildman–Crippen MR) is 68.9 cm³/mol. The fraction of sp³-hybridized carbons (Fsp3) is 0.750. The van der Waals surface area contributed by atoms with Crippen LogP contribution >= 0.6 is 0 Å². The number of hydrogen-bond donors (Lipinski definition) is 0. The Kier molecular flexibility index (Phi) is 7.33. The van der Waals surface area contributed by atoms with E-state index in [0.29, 0.717) is 12.2 Å². The maximum absolute atomic E-state index is 11.1. The molecule has 0 amide bonds. The van der Waals surface area contributed by atoms with E-state index >= 15 is 0 Å². The Labute approximate surface area is 100.0 Å². The van der Waals surface area contributed by atoms with Gasteiger partial charge in [-0.2, -0.15) is 0 Å². The zero-order chi connectivity index (χ0) is 12.6. The van der Waals surface area contributed by atoms with Gasteiger partial charge in [-0.3, -0.25) is 0 Å². The van der Waals surface area contributed by atoms with Gasteiger partial charge < -0.3 is 9.16 Å². The van der Waals surface area contributed by atoms with Gasteiger partial charge in [0, 0.05) is 12.7 Å². The molecule has 0 fully saturated rings. The Morgan fingerprint density at radius 1 is 1.38 bits per heavy atom. The van der Waals surface area contributed by atoms with Crippen molar-refractivity contribution in [2.75, 3.05) is 13.7 Å². The van der Waals surface area contributed by atoms with Gasteiger partial charge >= 0.3 is 5.97 Å². The predicted octanol–water partition coefficient (Wildman–Crippen LogP) is 3.13. The van der Waals surface area contributed by atoms with Crippen molar-refractivity contribution in [3.05, 3.63) is 12.2 Å². The molecule has 1 unspecified atom stereocenters. The van der Waals surface area contributed by atoms with Crippen molar-refractivity contribution in [1.82, 2.24) is 0 Å². The van der Waals surface area contributed by atoms with Crippen molar-refractivity contribution >= 4 is 14.3 Å². The lowest BCUT2D eigenvalue weighted by molar-refractivity contribution is -0.139. The number of hydrogen-bond acceptors (Lipinski definition) is 3. The Balaban J connectivity index is 3.61. The minimum absolute atomic E-state index is 0.290. The van der Waals surface area contributed by atoms with Crippen LogP contribution in [0.2, 0.25) is 18.6 Å². The Morgan fingerprint density at radius 2 is 2.00 bits per heavy atom. The molecule has 0 radical (unpaired) electrons. The molecule has 0 bridgehead atoms. The third-order valence-corrected chi connectivity index (χ3v) is 6.81. The van der Waals surface area contributed by atoms with Crippen LogP contribution in [0, 0.1) is 0 Å². The highest BCUT2D eigenvalue weighted by Crippen LogP contribution is 2.18. The number of unbranched alkanes of at least 4 members (excludes halogenated alkanes) is 1. The van der Waals surface area contributed by atoms with Crippen molar-refractivity contribution in [3.63, 3.8) is 0 Å². The molecule has 4 heteroatoms. The minimum atomic E-state index is -1.45. The summed E-state index contributed by atoms with van der Waals surface area (Å²) < 4.78 is 10.6. The van der Waals surface area contributed by atoms with Crippen molar-refractivity contribution < 1.29 is 14.0 Å². The first-order valence-electron chi connectivity index (χ1n) is 5.83. The van der Waals surface area contributed by atoms with Gasteiger partial charge in [-0.05, 0) is 32.0 Å². The summed E-state index contributed by atoms with van der Waals surface area (Å²) in [4.78, 5) is 11.1. The average Bonchev–Trinajstić information content (AvgIpc) is 2.27. The third-order valence-electron chi connectivity index (χ3n) is 2.92. The van der Waals surface area contributed by atoms with Gasteiger partial charge in [0.1, 0.15) is 0 Å². The highest BCUT2D eigenvalue weighted by molar-refractivity contribution is 6.72. The quantitative estimate of drug-likeness (QED) is 0.285. The van der Waals surface area contributed by atoms with Gasteiger partial charge in [-0.25, -0.2) is 4.79 Å². The molecular formula is C12H24O3Si. The van der Waals surface area contributed by atoms with Crippen molar-refractivity contribution in [2.24, 2.45) is 0 Å². The summed E-state index contributed by atoms with van der Waals surface area (Å²) in [7, 11) is 0.348. The first-order chi connectivity index (χ1) is 7.45. The maximum Gasteiger partial charge on any atom is 0.333 e. The van der Waals surface area contributed by atoms with E-state index in [9.17, 15) is 4.79 Å². The monoisotopic (exact) mass is 244 g/mol. The Hall–Kier alpha value is -0.613. The molecule has 3 nitrogen and oxygen atoms in total. The van der Waals surface area contributed by atoms with Crippen molar-refractivity contribution in [2.45, 2.75) is 45.3 Å². The van der Waals surface area contributed by atoms with Gasteiger partial charge in [0.2, 0.25) is 0 Å². The maximum atomic E-state index is 11.1. The molecule has 0 aliphatic rings. The number of rotatable bonds is 8. The minimum Gasteiger partial charge on any atom is -0.462 e. The van der Waals surface area contributed by atoms with E-state index in [-0.39, 0.29) is 5.97 Å². The number of ether oxygens (including phenoxy) is 1. The second-order valence-electron chi connectivity index (χ2n) is 4.38. The highest BCUT2D eigenvalue weighted by atomic mass is 28.4. The summed E-state index contributed by atoms with van der Waals surface area (Å²) >= 11 is 0. The second kappa shape index (κ2) is 7.63. The smallest absolute Gasteiger partial charge is 0.333 e. The Bertz CT molecular complexity index is 234. The number of carbonyl (C=O) groups is 1. The molecule has 0 spiro atoms. The van der Waals surface area contributed by atoms with Crippen molar-refractivity contribution in [3.8, 4) is 0 Å². The fourth-order valence-corrected chi connectivity index (χ4v) is 3.16. The molecule has 0 heterocycles. The van der Waals surface area contributed by atoms with E-state index in [2.05, 4.69) is 20.0 Å². The molecule has 0 aliphatic carbocycles. The highest BCUT2D eigenvalue weighted by Gasteiger charge is 2.24. The zero-order valence-corrected chi connectivity index (χ0v) is 12.0. The van der Waals surface area contributed by atoms with E-state index in [0.717, 1.165) is 24.9 Å². The fourth-order valence-electron chi connectivity index (χ4n) is 1.31. The molecule has 94 valence electrons. The largest absolute Gasteiger partial charge is 0.462 e. The summed E-state index contributed by atoms with van der Waals surface area (Å²) in [6.07, 6.45) is 1.97. The lowest BCUT2D eigenvalue weighted by atomic mass is 10.3. The van der Waals surface area contributed by atoms with Crippen LogP contribution in [-0.4, -0.2) is 28.0 Å². The molecular weight excluding hydrogens is 220 g/mol. The van der Waals surface area contributed by atoms with Crippen LogP contribution in [0.3, 0.4) is 0 Å². The molecule has 0 saturated carbocycles. The zero-order valence-electron chi connectivity index (χ0n) is 11.0. The number of esters is 1. The van der Waals surface area contributed by atoms with E-state index in [1.807, 2.05) is 0 Å². The summed E-state index contributed by atoms with van der Waals surface area (Å²) in [6.45, 7) is 10.1. The molecule has 0 N–H and O–H groups in total.